The fourth-order valence-corrected chi connectivity index (χ4v) is 3.54. The van der Waals surface area contributed by atoms with Crippen LogP contribution >= 0.6 is 22.6 Å². The van der Waals surface area contributed by atoms with E-state index in [1.54, 1.807) is 6.07 Å². The predicted octanol–water partition coefficient (Wildman–Crippen LogP) is 4.20. The van der Waals surface area contributed by atoms with Gasteiger partial charge < -0.3 is 20.1 Å². The van der Waals surface area contributed by atoms with E-state index < -0.39 is 5.60 Å². The average Bonchev–Trinajstić information content (AvgIpc) is 2.57. The van der Waals surface area contributed by atoms with Crippen LogP contribution < -0.4 is 15.4 Å². The molecule has 1 heterocycles. The van der Waals surface area contributed by atoms with E-state index >= 15 is 0 Å². The fraction of sp³-hybridized carbons (Fsp3) is 0.632. The number of pyridine rings is 1. The summed E-state index contributed by atoms with van der Waals surface area (Å²) in [5, 5.41) is 15.6. The molecule has 1 fully saturated rings. The number of aromatic nitrogens is 1. The first kappa shape index (κ1) is 21.5. The molecule has 8 heteroatoms. The number of rotatable bonds is 5. The molecule has 1 amide bonds. The molecular weight excluding hydrogens is 459 g/mol. The largest absolute Gasteiger partial charge is 0.477 e. The van der Waals surface area contributed by atoms with Crippen molar-refractivity contribution in [2.24, 2.45) is 0 Å². The molecule has 1 aromatic rings. The van der Waals surface area contributed by atoms with Crippen LogP contribution in [0.3, 0.4) is 0 Å². The molecule has 148 valence electrons. The number of alkyl carbamates (subject to hydrolysis) is 1. The van der Waals surface area contributed by atoms with E-state index in [0.29, 0.717) is 18.1 Å². The van der Waals surface area contributed by atoms with Crippen molar-refractivity contribution in [3.63, 3.8) is 0 Å². The highest BCUT2D eigenvalue weighted by atomic mass is 127. The third-order valence-electron chi connectivity index (χ3n) is 4.13. The minimum Gasteiger partial charge on any atom is -0.477 e. The van der Waals surface area contributed by atoms with Gasteiger partial charge in [0.15, 0.2) is 0 Å². The number of anilines is 1. The highest BCUT2D eigenvalue weighted by Crippen LogP contribution is 2.28. The molecular formula is C19H27IN4O3. The maximum absolute atomic E-state index is 11.9. The Kier molecular flexibility index (Phi) is 7.53. The van der Waals surface area contributed by atoms with Gasteiger partial charge in [-0.05, 0) is 82.0 Å². The summed E-state index contributed by atoms with van der Waals surface area (Å²) in [6.45, 7) is 7.90. The second-order valence-electron chi connectivity index (χ2n) is 7.56. The van der Waals surface area contributed by atoms with Crippen LogP contribution in [-0.4, -0.2) is 35.4 Å². The van der Waals surface area contributed by atoms with Crippen molar-refractivity contribution < 1.29 is 14.3 Å². The Balaban J connectivity index is 1.91. The Morgan fingerprint density at radius 1 is 1.33 bits per heavy atom. The van der Waals surface area contributed by atoms with Crippen LogP contribution in [0.15, 0.2) is 6.07 Å². The predicted molar refractivity (Wildman–Crippen MR) is 112 cm³/mol. The van der Waals surface area contributed by atoms with Crippen LogP contribution in [0.4, 0.5) is 10.6 Å². The molecule has 0 saturated heterocycles. The highest BCUT2D eigenvalue weighted by molar-refractivity contribution is 14.1. The molecule has 0 atom stereocenters. The van der Waals surface area contributed by atoms with Gasteiger partial charge in [0, 0.05) is 12.1 Å². The van der Waals surface area contributed by atoms with E-state index in [-0.39, 0.29) is 18.2 Å². The third kappa shape index (κ3) is 6.72. The zero-order valence-corrected chi connectivity index (χ0v) is 18.4. The van der Waals surface area contributed by atoms with Crippen molar-refractivity contribution in [2.45, 2.75) is 71.1 Å². The number of amides is 1. The molecule has 1 aliphatic carbocycles. The molecule has 0 radical (unpaired) electrons. The molecule has 0 aliphatic heterocycles. The van der Waals surface area contributed by atoms with E-state index in [2.05, 4.69) is 44.3 Å². The Bertz CT molecular complexity index is 704. The smallest absolute Gasteiger partial charge is 0.407 e. The van der Waals surface area contributed by atoms with E-state index in [9.17, 15) is 10.1 Å². The zero-order chi connectivity index (χ0) is 20.0. The lowest BCUT2D eigenvalue weighted by Crippen LogP contribution is -2.42. The summed E-state index contributed by atoms with van der Waals surface area (Å²) in [4.78, 5) is 16.4. The van der Waals surface area contributed by atoms with Crippen LogP contribution in [-0.2, 0) is 4.74 Å². The number of nitriles is 1. The van der Waals surface area contributed by atoms with Gasteiger partial charge in [-0.15, -0.1) is 0 Å². The first-order valence-electron chi connectivity index (χ1n) is 9.21. The molecule has 1 aliphatic rings. The lowest BCUT2D eigenvalue weighted by molar-refractivity contribution is 0.0492. The molecule has 1 aromatic heterocycles. The van der Waals surface area contributed by atoms with Gasteiger partial charge in [0.1, 0.15) is 23.1 Å². The number of nitrogens with zero attached hydrogens (tertiary/aromatic N) is 2. The lowest BCUT2D eigenvalue weighted by Gasteiger charge is -2.31. The van der Waals surface area contributed by atoms with Crippen LogP contribution in [0.25, 0.3) is 0 Å². The first-order valence-corrected chi connectivity index (χ1v) is 10.3. The maximum Gasteiger partial charge on any atom is 0.407 e. The second kappa shape index (κ2) is 9.44. The van der Waals surface area contributed by atoms with Crippen LogP contribution in [0, 0.1) is 14.9 Å². The summed E-state index contributed by atoms with van der Waals surface area (Å²) in [6.07, 6.45) is 3.23. The summed E-state index contributed by atoms with van der Waals surface area (Å²) in [5.41, 5.74) is -0.0453. The van der Waals surface area contributed by atoms with Crippen molar-refractivity contribution >= 4 is 34.5 Å². The Morgan fingerprint density at radius 3 is 2.52 bits per heavy atom. The number of hydrogen-bond donors (Lipinski definition) is 2. The van der Waals surface area contributed by atoms with Gasteiger partial charge in [-0.3, -0.25) is 0 Å². The van der Waals surface area contributed by atoms with Gasteiger partial charge >= 0.3 is 6.09 Å². The minimum atomic E-state index is -0.487. The zero-order valence-electron chi connectivity index (χ0n) is 16.3. The number of halogens is 1. The quantitative estimate of drug-likeness (QED) is 0.606. The van der Waals surface area contributed by atoms with Gasteiger partial charge in [-0.2, -0.15) is 10.2 Å². The van der Waals surface area contributed by atoms with E-state index in [1.165, 1.54) is 0 Å². The van der Waals surface area contributed by atoms with Crippen LogP contribution in [0.2, 0.25) is 0 Å². The summed E-state index contributed by atoms with van der Waals surface area (Å²) >= 11 is 2.18. The monoisotopic (exact) mass is 486 g/mol. The number of ether oxygens (including phenoxy) is 2. The summed E-state index contributed by atoms with van der Waals surface area (Å²) in [6, 6.07) is 4.31. The molecule has 0 aromatic carbocycles. The van der Waals surface area contributed by atoms with Gasteiger partial charge in [-0.25, -0.2) is 4.79 Å². The number of carbonyl (C=O) groups excluding carboxylic acids is 1. The van der Waals surface area contributed by atoms with Crippen molar-refractivity contribution in [2.75, 3.05) is 11.9 Å². The molecule has 7 nitrogen and oxygen atoms in total. The van der Waals surface area contributed by atoms with Gasteiger partial charge in [0.25, 0.3) is 0 Å². The normalized spacial score (nSPS) is 19.7. The average molecular weight is 486 g/mol. The van der Waals surface area contributed by atoms with Crippen molar-refractivity contribution in [1.82, 2.24) is 10.3 Å². The van der Waals surface area contributed by atoms with Crippen LogP contribution in [0.5, 0.6) is 5.88 Å². The molecule has 2 N–H and O–H groups in total. The van der Waals surface area contributed by atoms with Gasteiger partial charge in [-0.1, -0.05) is 0 Å². The lowest BCUT2D eigenvalue weighted by atomic mass is 9.91. The molecule has 0 bridgehead atoms. The molecule has 0 unspecified atom stereocenters. The Labute approximate surface area is 174 Å². The molecule has 2 rings (SSSR count). The standard InChI is InChI=1S/C19H27IN4O3/c1-5-26-17-12(11-21)10-15(20)16(24-17)22-13-6-8-14(9-7-13)23-18(25)27-19(2,3)4/h10,13-14H,5-9H2,1-4H3,(H,22,24)(H,23,25). The summed E-state index contributed by atoms with van der Waals surface area (Å²) in [5.74, 6) is 1.10. The van der Waals surface area contributed by atoms with E-state index in [1.807, 2.05) is 27.7 Å². The number of carbonyl (C=O) groups is 1. The summed E-state index contributed by atoms with van der Waals surface area (Å²) < 4.78 is 11.7. The van der Waals surface area contributed by atoms with E-state index in [4.69, 9.17) is 9.47 Å². The Hall–Kier alpha value is -1.76. The molecule has 1 saturated carbocycles. The third-order valence-corrected chi connectivity index (χ3v) is 4.95. The maximum atomic E-state index is 11.9. The first-order chi connectivity index (χ1) is 12.7. The SMILES string of the molecule is CCOc1nc(NC2CCC(NC(=O)OC(C)(C)C)CC2)c(I)cc1C#N. The van der Waals surface area contributed by atoms with Crippen molar-refractivity contribution in [3.8, 4) is 11.9 Å². The Morgan fingerprint density at radius 2 is 1.96 bits per heavy atom. The van der Waals surface area contributed by atoms with Crippen molar-refractivity contribution in [1.29, 1.82) is 5.26 Å². The second-order valence-corrected chi connectivity index (χ2v) is 8.72. The highest BCUT2D eigenvalue weighted by Gasteiger charge is 2.25. The minimum absolute atomic E-state index is 0.130. The number of hydrogen-bond acceptors (Lipinski definition) is 6. The number of nitrogens with one attached hydrogen (secondary N) is 2. The van der Waals surface area contributed by atoms with Gasteiger partial charge in [0.2, 0.25) is 5.88 Å². The molecule has 27 heavy (non-hydrogen) atoms. The fourth-order valence-electron chi connectivity index (χ4n) is 2.95. The molecule has 0 spiro atoms. The van der Waals surface area contributed by atoms with Gasteiger partial charge in [0.05, 0.1) is 10.2 Å². The van der Waals surface area contributed by atoms with Crippen LogP contribution in [0.1, 0.15) is 58.9 Å². The van der Waals surface area contributed by atoms with Crippen molar-refractivity contribution in [3.05, 3.63) is 15.2 Å². The topological polar surface area (TPSA) is 96.3 Å². The summed E-state index contributed by atoms with van der Waals surface area (Å²) in [7, 11) is 0. The van der Waals surface area contributed by atoms with E-state index in [0.717, 1.165) is 35.1 Å².